The van der Waals surface area contributed by atoms with Gasteiger partial charge in [0.05, 0.1) is 5.02 Å². The van der Waals surface area contributed by atoms with Crippen LogP contribution in [0.2, 0.25) is 5.02 Å². The second kappa shape index (κ2) is 7.00. The van der Waals surface area contributed by atoms with Crippen molar-refractivity contribution in [3.05, 3.63) is 35.6 Å². The molecule has 1 saturated heterocycles. The van der Waals surface area contributed by atoms with Crippen molar-refractivity contribution >= 4 is 29.2 Å². The van der Waals surface area contributed by atoms with Gasteiger partial charge >= 0.3 is 0 Å². The Balaban J connectivity index is 1.69. The molecular formula is C16H18ClN5O2. The van der Waals surface area contributed by atoms with Gasteiger partial charge in [-0.3, -0.25) is 9.59 Å². The summed E-state index contributed by atoms with van der Waals surface area (Å²) >= 11 is 6.09. The van der Waals surface area contributed by atoms with E-state index in [9.17, 15) is 9.59 Å². The van der Waals surface area contributed by atoms with E-state index in [4.69, 9.17) is 11.6 Å². The van der Waals surface area contributed by atoms with E-state index in [1.54, 1.807) is 30.6 Å². The highest BCUT2D eigenvalue weighted by atomic mass is 35.5. The number of aromatic nitrogens is 3. The van der Waals surface area contributed by atoms with Crippen LogP contribution in [0, 0.1) is 5.92 Å². The lowest BCUT2D eigenvalue weighted by molar-refractivity contribution is -0.130. The van der Waals surface area contributed by atoms with Crippen LogP contribution < -0.4 is 10.6 Å². The second-order valence-electron chi connectivity index (χ2n) is 5.75. The van der Waals surface area contributed by atoms with Crippen LogP contribution >= 0.6 is 11.6 Å². The minimum Gasteiger partial charge on any atom is -0.353 e. The van der Waals surface area contributed by atoms with Gasteiger partial charge < -0.3 is 10.6 Å². The maximum atomic E-state index is 12.4. The Kier molecular flexibility index (Phi) is 4.80. The topological polar surface area (TPSA) is 88.9 Å². The summed E-state index contributed by atoms with van der Waals surface area (Å²) < 4.78 is 1.50. The fourth-order valence-electron chi connectivity index (χ4n) is 2.75. The number of halogens is 1. The maximum absolute atomic E-state index is 12.4. The van der Waals surface area contributed by atoms with Crippen molar-refractivity contribution < 1.29 is 9.59 Å². The normalized spacial score (nSPS) is 20.5. The van der Waals surface area contributed by atoms with Gasteiger partial charge in [-0.15, -0.1) is 5.10 Å². The van der Waals surface area contributed by atoms with Crippen LogP contribution in [-0.2, 0) is 9.59 Å². The lowest BCUT2D eigenvalue weighted by Crippen LogP contribution is -2.45. The quantitative estimate of drug-likeness (QED) is 0.887. The van der Waals surface area contributed by atoms with Gasteiger partial charge in [-0.05, 0) is 25.0 Å². The number of piperidine rings is 1. The fraction of sp³-hybridized carbons (Fsp3) is 0.375. The molecular weight excluding hydrogens is 330 g/mol. The predicted octanol–water partition coefficient (Wildman–Crippen LogP) is 2.16. The van der Waals surface area contributed by atoms with Crippen LogP contribution in [0.4, 0.5) is 5.82 Å². The third-order valence-corrected chi connectivity index (χ3v) is 4.32. The molecule has 1 aliphatic rings. The van der Waals surface area contributed by atoms with Crippen LogP contribution in [-0.4, -0.2) is 32.6 Å². The number of carbonyl (C=O) groups excluding carboxylic acids is 2. The number of anilines is 1. The lowest BCUT2D eigenvalue weighted by atomic mass is 9.90. The molecule has 1 fully saturated rings. The first-order valence-corrected chi connectivity index (χ1v) is 8.21. The van der Waals surface area contributed by atoms with E-state index in [-0.39, 0.29) is 30.2 Å². The second-order valence-corrected chi connectivity index (χ2v) is 6.16. The molecule has 2 aromatic heterocycles. The van der Waals surface area contributed by atoms with Crippen molar-refractivity contribution in [1.82, 2.24) is 20.1 Å². The smallest absolute Gasteiger partial charge is 0.229 e. The van der Waals surface area contributed by atoms with Crippen molar-refractivity contribution in [1.29, 1.82) is 0 Å². The molecule has 7 nitrogen and oxygen atoms in total. The molecule has 0 aromatic carbocycles. The summed E-state index contributed by atoms with van der Waals surface area (Å²) in [4.78, 5) is 28.3. The summed E-state index contributed by atoms with van der Waals surface area (Å²) in [6.07, 6.45) is 4.94. The molecule has 2 N–H and O–H groups in total. The first-order valence-electron chi connectivity index (χ1n) is 7.83. The molecule has 2 atom stereocenters. The number of carbonyl (C=O) groups is 2. The van der Waals surface area contributed by atoms with E-state index < -0.39 is 0 Å². The fourth-order valence-corrected chi connectivity index (χ4v) is 2.96. The maximum Gasteiger partial charge on any atom is 0.229 e. The lowest BCUT2D eigenvalue weighted by Gasteiger charge is -2.28. The first-order chi connectivity index (χ1) is 11.6. The molecule has 0 bridgehead atoms. The van der Waals surface area contributed by atoms with E-state index >= 15 is 0 Å². The highest BCUT2D eigenvalue weighted by Crippen LogP contribution is 2.21. The summed E-state index contributed by atoms with van der Waals surface area (Å²) in [5.74, 6) is 0.274. The molecule has 0 saturated carbocycles. The van der Waals surface area contributed by atoms with Crippen molar-refractivity contribution in [3.8, 4) is 5.82 Å². The first kappa shape index (κ1) is 16.4. The molecule has 0 unspecified atom stereocenters. The Hall–Kier alpha value is -2.41. The number of hydrogen-bond acceptors (Lipinski definition) is 4. The minimum absolute atomic E-state index is 0.0480. The standard InChI is InChI=1S/C16H18ClN5O2/c1-2-11-8-10(9-14(23)19-11)16(24)20-13-5-7-22(21-13)15-12(17)4-3-6-18-15/h3-7,10-11H,2,8-9H2,1H3,(H,19,23)(H,20,21,24)/t10-,11+/m0/s1. The van der Waals surface area contributed by atoms with E-state index in [1.807, 2.05) is 6.92 Å². The van der Waals surface area contributed by atoms with Gasteiger partial charge in [0, 0.05) is 36.8 Å². The van der Waals surface area contributed by atoms with Crippen LogP contribution in [0.3, 0.4) is 0 Å². The largest absolute Gasteiger partial charge is 0.353 e. The van der Waals surface area contributed by atoms with Crippen LogP contribution in [0.25, 0.3) is 5.82 Å². The van der Waals surface area contributed by atoms with Crippen molar-refractivity contribution in [3.63, 3.8) is 0 Å². The van der Waals surface area contributed by atoms with E-state index in [2.05, 4.69) is 20.7 Å². The summed E-state index contributed by atoms with van der Waals surface area (Å²) in [7, 11) is 0. The molecule has 2 aromatic rings. The highest BCUT2D eigenvalue weighted by Gasteiger charge is 2.30. The van der Waals surface area contributed by atoms with Gasteiger partial charge in [-0.2, -0.15) is 0 Å². The number of amides is 2. The zero-order valence-electron chi connectivity index (χ0n) is 13.2. The molecule has 3 heterocycles. The monoisotopic (exact) mass is 347 g/mol. The average molecular weight is 348 g/mol. The van der Waals surface area contributed by atoms with Crippen LogP contribution in [0.5, 0.6) is 0 Å². The average Bonchev–Trinajstić information content (AvgIpc) is 3.02. The summed E-state index contributed by atoms with van der Waals surface area (Å²) in [5.41, 5.74) is 0. The minimum atomic E-state index is -0.340. The van der Waals surface area contributed by atoms with Gasteiger partial charge in [-0.1, -0.05) is 18.5 Å². The number of hydrogen-bond donors (Lipinski definition) is 2. The number of rotatable bonds is 4. The van der Waals surface area contributed by atoms with Gasteiger partial charge in [0.1, 0.15) is 0 Å². The Bertz CT molecular complexity index is 760. The van der Waals surface area contributed by atoms with Crippen LogP contribution in [0.1, 0.15) is 26.2 Å². The number of nitrogens with one attached hydrogen (secondary N) is 2. The van der Waals surface area contributed by atoms with Crippen LogP contribution in [0.15, 0.2) is 30.6 Å². The summed E-state index contributed by atoms with van der Waals surface area (Å²) in [5, 5.41) is 10.4. The van der Waals surface area contributed by atoms with Gasteiger partial charge in [0.25, 0.3) is 0 Å². The molecule has 0 spiro atoms. The van der Waals surface area contributed by atoms with Crippen molar-refractivity contribution in [2.24, 2.45) is 5.92 Å². The van der Waals surface area contributed by atoms with Gasteiger partial charge in [-0.25, -0.2) is 9.67 Å². The Labute approximate surface area is 144 Å². The van der Waals surface area contributed by atoms with E-state index in [0.717, 1.165) is 6.42 Å². The van der Waals surface area contributed by atoms with Gasteiger partial charge in [0.2, 0.25) is 11.8 Å². The molecule has 126 valence electrons. The van der Waals surface area contributed by atoms with E-state index in [1.165, 1.54) is 4.68 Å². The zero-order chi connectivity index (χ0) is 17.1. The predicted molar refractivity (Wildman–Crippen MR) is 89.9 cm³/mol. The SMILES string of the molecule is CC[C@@H]1C[C@H](C(=O)Nc2ccn(-c3ncccc3Cl)n2)CC(=O)N1. The van der Waals surface area contributed by atoms with Crippen molar-refractivity contribution in [2.75, 3.05) is 5.32 Å². The van der Waals surface area contributed by atoms with Gasteiger partial charge in [0.15, 0.2) is 11.6 Å². The molecule has 2 amide bonds. The highest BCUT2D eigenvalue weighted by molar-refractivity contribution is 6.32. The molecule has 0 radical (unpaired) electrons. The Morgan fingerprint density at radius 3 is 3.08 bits per heavy atom. The molecule has 24 heavy (non-hydrogen) atoms. The summed E-state index contributed by atoms with van der Waals surface area (Å²) in [6, 6.07) is 5.17. The molecule has 8 heteroatoms. The molecule has 0 aliphatic carbocycles. The third kappa shape index (κ3) is 3.56. The third-order valence-electron chi connectivity index (χ3n) is 4.03. The molecule has 1 aliphatic heterocycles. The Morgan fingerprint density at radius 1 is 1.50 bits per heavy atom. The number of nitrogens with zero attached hydrogens (tertiary/aromatic N) is 3. The number of pyridine rings is 1. The zero-order valence-corrected chi connectivity index (χ0v) is 14.0. The van der Waals surface area contributed by atoms with E-state index in [0.29, 0.717) is 23.1 Å². The molecule has 3 rings (SSSR count). The van der Waals surface area contributed by atoms with Crippen molar-refractivity contribution in [2.45, 2.75) is 32.2 Å². The summed E-state index contributed by atoms with van der Waals surface area (Å²) in [6.45, 7) is 1.99. The Morgan fingerprint density at radius 2 is 2.33 bits per heavy atom.